The summed E-state index contributed by atoms with van der Waals surface area (Å²) < 4.78 is 1.27. The topological polar surface area (TPSA) is 0 Å². The molecule has 1 aliphatic rings. The van der Waals surface area contributed by atoms with Crippen molar-refractivity contribution in [2.75, 3.05) is 26.7 Å². The first kappa shape index (κ1) is 8.79. The average molecular weight is 154 g/mol. The molecule has 1 rings (SSSR count). The lowest BCUT2D eigenvalue weighted by Crippen LogP contribution is -2.41. The molecule has 0 aromatic heterocycles. The molecule has 1 saturated heterocycles. The van der Waals surface area contributed by atoms with Crippen LogP contribution in [-0.2, 0) is 0 Å². The first-order valence-electron chi connectivity index (χ1n) is 4.66. The average Bonchev–Trinajstić information content (AvgIpc) is 2.33. The van der Waals surface area contributed by atoms with Crippen LogP contribution in [0.3, 0.4) is 0 Å². The third-order valence-electron chi connectivity index (χ3n) is 2.81. The molecule has 0 aromatic carbocycles. The van der Waals surface area contributed by atoms with Crippen LogP contribution in [0.4, 0.5) is 0 Å². The monoisotopic (exact) mass is 154 g/mol. The zero-order valence-electron chi connectivity index (χ0n) is 7.84. The summed E-state index contributed by atoms with van der Waals surface area (Å²) in [6.07, 6.45) is 4.78. The number of nitrogens with zero attached hydrogens (tertiary/aromatic N) is 1. The molecule has 0 saturated carbocycles. The molecule has 0 amide bonds. The summed E-state index contributed by atoms with van der Waals surface area (Å²) in [5.41, 5.74) is 0. The number of hydrogen-bond acceptors (Lipinski definition) is 0. The lowest BCUT2D eigenvalue weighted by molar-refractivity contribution is -0.898. The number of hydrogen-bond donors (Lipinski definition) is 0. The molecular formula is C10H20N+. The molecule has 0 spiro atoms. The van der Waals surface area contributed by atoms with Crippen LogP contribution >= 0.6 is 0 Å². The van der Waals surface area contributed by atoms with Gasteiger partial charge in [-0.1, -0.05) is 13.0 Å². The SMILES string of the molecule is C=CC1CC[N+](C)(CCC)C1. The Morgan fingerprint density at radius 2 is 2.36 bits per heavy atom. The van der Waals surface area contributed by atoms with Crippen LogP contribution < -0.4 is 0 Å². The fourth-order valence-corrected chi connectivity index (χ4v) is 2.16. The van der Waals surface area contributed by atoms with Gasteiger partial charge in [0.25, 0.3) is 0 Å². The molecule has 0 N–H and O–H groups in total. The molecule has 0 aromatic rings. The van der Waals surface area contributed by atoms with E-state index in [-0.39, 0.29) is 0 Å². The summed E-state index contributed by atoms with van der Waals surface area (Å²) in [6.45, 7) is 10.1. The van der Waals surface area contributed by atoms with Gasteiger partial charge in [-0.15, -0.1) is 6.58 Å². The van der Waals surface area contributed by atoms with E-state index in [0.717, 1.165) is 5.92 Å². The standard InChI is InChI=1S/C10H20N/c1-4-7-11(3)8-6-10(5-2)9-11/h5,10H,2,4,6-9H2,1,3H3/q+1. The minimum absolute atomic E-state index is 0.784. The van der Waals surface area contributed by atoms with Crippen molar-refractivity contribution in [1.29, 1.82) is 0 Å². The second kappa shape index (κ2) is 3.40. The van der Waals surface area contributed by atoms with Crippen LogP contribution in [0.1, 0.15) is 19.8 Å². The Morgan fingerprint density at radius 1 is 1.64 bits per heavy atom. The van der Waals surface area contributed by atoms with Gasteiger partial charge < -0.3 is 4.48 Å². The van der Waals surface area contributed by atoms with E-state index in [1.54, 1.807) is 0 Å². The van der Waals surface area contributed by atoms with Gasteiger partial charge in [0, 0.05) is 12.3 Å². The summed E-state index contributed by atoms with van der Waals surface area (Å²) in [5.74, 6) is 0.784. The van der Waals surface area contributed by atoms with E-state index in [4.69, 9.17) is 0 Å². The maximum Gasteiger partial charge on any atom is 0.0850 e. The van der Waals surface area contributed by atoms with Gasteiger partial charge in [0.05, 0.1) is 26.7 Å². The number of quaternary nitrogens is 1. The van der Waals surface area contributed by atoms with Gasteiger partial charge in [0.1, 0.15) is 0 Å². The Morgan fingerprint density at radius 3 is 2.82 bits per heavy atom. The lowest BCUT2D eigenvalue weighted by Gasteiger charge is -2.28. The molecule has 1 heteroatoms. The van der Waals surface area contributed by atoms with Crippen LogP contribution in [0.5, 0.6) is 0 Å². The summed E-state index contributed by atoms with van der Waals surface area (Å²) in [7, 11) is 2.37. The maximum atomic E-state index is 3.86. The van der Waals surface area contributed by atoms with Gasteiger partial charge in [-0.25, -0.2) is 0 Å². The van der Waals surface area contributed by atoms with Gasteiger partial charge in [-0.2, -0.15) is 0 Å². The van der Waals surface area contributed by atoms with Crippen molar-refractivity contribution in [3.63, 3.8) is 0 Å². The molecule has 11 heavy (non-hydrogen) atoms. The molecule has 0 aliphatic carbocycles. The summed E-state index contributed by atoms with van der Waals surface area (Å²) in [4.78, 5) is 0. The molecule has 1 nitrogen and oxygen atoms in total. The van der Waals surface area contributed by atoms with Crippen molar-refractivity contribution >= 4 is 0 Å². The highest BCUT2D eigenvalue weighted by molar-refractivity contribution is 4.81. The lowest BCUT2D eigenvalue weighted by atomic mass is 10.1. The number of likely N-dealkylation sites (tertiary alicyclic amines) is 1. The molecule has 1 fully saturated rings. The van der Waals surface area contributed by atoms with Crippen LogP contribution in [0.15, 0.2) is 12.7 Å². The minimum atomic E-state index is 0.784. The van der Waals surface area contributed by atoms with E-state index >= 15 is 0 Å². The highest BCUT2D eigenvalue weighted by Gasteiger charge is 2.31. The molecule has 2 atom stereocenters. The van der Waals surface area contributed by atoms with Crippen molar-refractivity contribution in [1.82, 2.24) is 0 Å². The van der Waals surface area contributed by atoms with E-state index in [2.05, 4.69) is 26.6 Å². The molecule has 2 unspecified atom stereocenters. The van der Waals surface area contributed by atoms with Gasteiger partial charge in [-0.05, 0) is 6.42 Å². The van der Waals surface area contributed by atoms with Crippen LogP contribution in [0.25, 0.3) is 0 Å². The Kier molecular flexibility index (Phi) is 2.72. The largest absolute Gasteiger partial charge is 0.326 e. The van der Waals surface area contributed by atoms with Gasteiger partial charge in [0.15, 0.2) is 0 Å². The highest BCUT2D eigenvalue weighted by atomic mass is 15.3. The second-order valence-electron chi connectivity index (χ2n) is 4.03. The van der Waals surface area contributed by atoms with Crippen molar-refractivity contribution in [2.45, 2.75) is 19.8 Å². The Bertz CT molecular complexity index is 142. The maximum absolute atomic E-state index is 3.86. The van der Waals surface area contributed by atoms with Crippen LogP contribution in [-0.4, -0.2) is 31.2 Å². The number of rotatable bonds is 3. The van der Waals surface area contributed by atoms with Crippen molar-refractivity contribution in [2.24, 2.45) is 5.92 Å². The second-order valence-corrected chi connectivity index (χ2v) is 4.03. The van der Waals surface area contributed by atoms with Gasteiger partial charge in [0.2, 0.25) is 0 Å². The zero-order chi connectivity index (χ0) is 8.32. The fraction of sp³-hybridized carbons (Fsp3) is 0.800. The molecular weight excluding hydrogens is 134 g/mol. The molecule has 64 valence electrons. The third kappa shape index (κ3) is 2.06. The molecule has 1 heterocycles. The molecule has 0 bridgehead atoms. The zero-order valence-corrected chi connectivity index (χ0v) is 7.84. The van der Waals surface area contributed by atoms with E-state index in [1.165, 1.54) is 37.0 Å². The van der Waals surface area contributed by atoms with E-state index < -0.39 is 0 Å². The van der Waals surface area contributed by atoms with Crippen molar-refractivity contribution in [3.8, 4) is 0 Å². The van der Waals surface area contributed by atoms with Crippen molar-refractivity contribution < 1.29 is 4.48 Å². The first-order valence-corrected chi connectivity index (χ1v) is 4.66. The summed E-state index contributed by atoms with van der Waals surface area (Å²) in [5, 5.41) is 0. The molecule has 0 radical (unpaired) electrons. The van der Waals surface area contributed by atoms with Gasteiger partial charge in [-0.3, -0.25) is 0 Å². The fourth-order valence-electron chi connectivity index (χ4n) is 2.16. The highest BCUT2D eigenvalue weighted by Crippen LogP contribution is 2.23. The Hall–Kier alpha value is -0.300. The Balaban J connectivity index is 2.43. The summed E-state index contributed by atoms with van der Waals surface area (Å²) in [6, 6.07) is 0. The minimum Gasteiger partial charge on any atom is -0.326 e. The third-order valence-corrected chi connectivity index (χ3v) is 2.81. The van der Waals surface area contributed by atoms with Crippen LogP contribution in [0, 0.1) is 5.92 Å². The van der Waals surface area contributed by atoms with Crippen molar-refractivity contribution in [3.05, 3.63) is 12.7 Å². The van der Waals surface area contributed by atoms with Crippen LogP contribution in [0.2, 0.25) is 0 Å². The quantitative estimate of drug-likeness (QED) is 0.431. The van der Waals surface area contributed by atoms with E-state index in [1.807, 2.05) is 0 Å². The van der Waals surface area contributed by atoms with Gasteiger partial charge >= 0.3 is 0 Å². The summed E-state index contributed by atoms with van der Waals surface area (Å²) >= 11 is 0. The normalized spacial score (nSPS) is 37.5. The Labute approximate surface area is 70.3 Å². The molecule has 1 aliphatic heterocycles. The predicted octanol–water partition coefficient (Wildman–Crippen LogP) is 2.05. The van der Waals surface area contributed by atoms with E-state index in [9.17, 15) is 0 Å². The van der Waals surface area contributed by atoms with E-state index in [0.29, 0.717) is 0 Å². The smallest absolute Gasteiger partial charge is 0.0850 e. The predicted molar refractivity (Wildman–Crippen MR) is 49.4 cm³/mol. The first-order chi connectivity index (χ1) is 5.20.